The lowest BCUT2D eigenvalue weighted by atomic mass is 9.80. The van der Waals surface area contributed by atoms with Crippen molar-refractivity contribution in [2.75, 3.05) is 5.33 Å². The van der Waals surface area contributed by atoms with Gasteiger partial charge >= 0.3 is 0 Å². The molecule has 0 saturated carbocycles. The quantitative estimate of drug-likeness (QED) is 0.670. The standard InChI is InChI=1S/C17H18BrNO2/c1-11-7-8-12-13(5-4-6-14(12)20)16(11)17(2,3)10-19-15(21)9-18/h4-8,10,20H,9H2,1-3H3. The molecule has 0 saturated heterocycles. The summed E-state index contributed by atoms with van der Waals surface area (Å²) < 4.78 is 0. The third-order valence-corrected chi connectivity index (χ3v) is 4.02. The lowest BCUT2D eigenvalue weighted by Gasteiger charge is -2.24. The zero-order valence-corrected chi connectivity index (χ0v) is 13.9. The van der Waals surface area contributed by atoms with Gasteiger partial charge in [0.1, 0.15) is 5.75 Å². The summed E-state index contributed by atoms with van der Waals surface area (Å²) in [7, 11) is 0. The van der Waals surface area contributed by atoms with Crippen LogP contribution in [0.4, 0.5) is 0 Å². The van der Waals surface area contributed by atoms with Crippen LogP contribution in [-0.4, -0.2) is 22.6 Å². The first kappa shape index (κ1) is 15.7. The molecule has 0 heterocycles. The lowest BCUT2D eigenvalue weighted by Crippen LogP contribution is -2.21. The maximum atomic E-state index is 11.4. The number of hydrogen-bond acceptors (Lipinski definition) is 2. The number of phenols is 1. The molecule has 4 heteroatoms. The molecule has 0 radical (unpaired) electrons. The van der Waals surface area contributed by atoms with E-state index in [4.69, 9.17) is 0 Å². The molecule has 0 atom stereocenters. The molecule has 0 spiro atoms. The highest BCUT2D eigenvalue weighted by molar-refractivity contribution is 9.09. The van der Waals surface area contributed by atoms with Gasteiger partial charge in [-0.15, -0.1) is 0 Å². The van der Waals surface area contributed by atoms with Gasteiger partial charge in [0, 0.05) is 17.0 Å². The fourth-order valence-electron chi connectivity index (χ4n) is 2.64. The van der Waals surface area contributed by atoms with Crippen molar-refractivity contribution < 1.29 is 9.90 Å². The molecule has 3 nitrogen and oxygen atoms in total. The van der Waals surface area contributed by atoms with Gasteiger partial charge in [-0.05, 0) is 29.5 Å². The largest absolute Gasteiger partial charge is 0.507 e. The molecule has 1 N–H and O–H groups in total. The summed E-state index contributed by atoms with van der Waals surface area (Å²) in [6.07, 6.45) is 1.68. The first-order valence-corrected chi connectivity index (χ1v) is 7.85. The summed E-state index contributed by atoms with van der Waals surface area (Å²) in [6, 6.07) is 9.40. The van der Waals surface area contributed by atoms with Crippen LogP contribution in [0.5, 0.6) is 5.75 Å². The molecule has 0 aliphatic heterocycles. The predicted molar refractivity (Wildman–Crippen MR) is 90.7 cm³/mol. The summed E-state index contributed by atoms with van der Waals surface area (Å²) in [5.74, 6) is 0.0573. The highest BCUT2D eigenvalue weighted by Crippen LogP contribution is 2.35. The van der Waals surface area contributed by atoms with E-state index in [0.717, 1.165) is 21.9 Å². The number of rotatable bonds is 3. The lowest BCUT2D eigenvalue weighted by molar-refractivity contribution is -0.115. The van der Waals surface area contributed by atoms with Gasteiger partial charge < -0.3 is 5.11 Å². The molecular formula is C17H18BrNO2. The Balaban J connectivity index is 2.64. The molecule has 1 amide bonds. The van der Waals surface area contributed by atoms with Crippen molar-refractivity contribution >= 4 is 38.8 Å². The van der Waals surface area contributed by atoms with Gasteiger partial charge in [-0.1, -0.05) is 54.0 Å². The number of carbonyl (C=O) groups excluding carboxylic acids is 1. The summed E-state index contributed by atoms with van der Waals surface area (Å²) in [5.41, 5.74) is 1.77. The number of aliphatic imine (C=N–C) groups is 1. The number of aryl methyl sites for hydroxylation is 1. The minimum atomic E-state index is -0.408. The minimum Gasteiger partial charge on any atom is -0.507 e. The Morgan fingerprint density at radius 3 is 2.67 bits per heavy atom. The van der Waals surface area contributed by atoms with Crippen LogP contribution in [0.15, 0.2) is 35.3 Å². The van der Waals surface area contributed by atoms with Gasteiger partial charge in [-0.3, -0.25) is 4.79 Å². The summed E-state index contributed by atoms with van der Waals surface area (Å²) in [4.78, 5) is 15.4. The Hall–Kier alpha value is -1.68. The number of amides is 1. The van der Waals surface area contributed by atoms with Crippen LogP contribution < -0.4 is 0 Å². The number of fused-ring (bicyclic) bond motifs is 1. The topological polar surface area (TPSA) is 49.7 Å². The highest BCUT2D eigenvalue weighted by Gasteiger charge is 2.23. The average molecular weight is 348 g/mol. The third kappa shape index (κ3) is 3.16. The number of alkyl halides is 1. The molecular weight excluding hydrogens is 330 g/mol. The Kier molecular flexibility index (Phi) is 4.47. The van der Waals surface area contributed by atoms with E-state index in [1.807, 2.05) is 45.0 Å². The number of nitrogens with zero attached hydrogens (tertiary/aromatic N) is 1. The van der Waals surface area contributed by atoms with Crippen LogP contribution in [0.25, 0.3) is 10.8 Å². The Morgan fingerprint density at radius 1 is 1.29 bits per heavy atom. The molecule has 0 fully saturated rings. The predicted octanol–water partition coefficient (Wildman–Crippen LogP) is 4.12. The first-order valence-electron chi connectivity index (χ1n) is 6.72. The maximum Gasteiger partial charge on any atom is 0.255 e. The maximum absolute atomic E-state index is 11.4. The van der Waals surface area contributed by atoms with E-state index in [1.165, 1.54) is 0 Å². The number of halogens is 1. The van der Waals surface area contributed by atoms with Crippen LogP contribution in [0, 0.1) is 6.92 Å². The van der Waals surface area contributed by atoms with E-state index in [-0.39, 0.29) is 17.0 Å². The molecule has 110 valence electrons. The zero-order valence-electron chi connectivity index (χ0n) is 12.4. The van der Waals surface area contributed by atoms with E-state index in [0.29, 0.717) is 0 Å². The van der Waals surface area contributed by atoms with Gasteiger partial charge in [0.05, 0.1) is 5.33 Å². The Labute approximate surface area is 132 Å². The van der Waals surface area contributed by atoms with Gasteiger partial charge in [-0.2, -0.15) is 0 Å². The van der Waals surface area contributed by atoms with Crippen LogP contribution >= 0.6 is 15.9 Å². The van der Waals surface area contributed by atoms with E-state index >= 15 is 0 Å². The fraction of sp³-hybridized carbons (Fsp3) is 0.294. The number of carbonyl (C=O) groups is 1. The van der Waals surface area contributed by atoms with E-state index in [9.17, 15) is 9.90 Å². The van der Waals surface area contributed by atoms with Gasteiger partial charge in [0.2, 0.25) is 0 Å². The normalized spacial score (nSPS) is 12.2. The number of benzene rings is 2. The van der Waals surface area contributed by atoms with Crippen molar-refractivity contribution in [2.45, 2.75) is 26.2 Å². The van der Waals surface area contributed by atoms with Crippen LogP contribution in [-0.2, 0) is 10.2 Å². The second-order valence-electron chi connectivity index (χ2n) is 5.64. The highest BCUT2D eigenvalue weighted by atomic mass is 79.9. The monoisotopic (exact) mass is 347 g/mol. The fourth-order valence-corrected chi connectivity index (χ4v) is 2.78. The third-order valence-electron chi connectivity index (χ3n) is 3.54. The molecule has 0 aliphatic rings. The van der Waals surface area contributed by atoms with Gasteiger partial charge in [-0.25, -0.2) is 4.99 Å². The average Bonchev–Trinajstić information content (AvgIpc) is 2.44. The first-order chi connectivity index (χ1) is 9.86. The van der Waals surface area contributed by atoms with Crippen LogP contribution in [0.2, 0.25) is 0 Å². The molecule has 21 heavy (non-hydrogen) atoms. The van der Waals surface area contributed by atoms with Crippen molar-refractivity contribution in [1.82, 2.24) is 0 Å². The van der Waals surface area contributed by atoms with Crippen molar-refractivity contribution in [3.05, 3.63) is 41.5 Å². The van der Waals surface area contributed by atoms with Crippen LogP contribution in [0.1, 0.15) is 25.0 Å². The molecule has 0 bridgehead atoms. The summed E-state index contributed by atoms with van der Waals surface area (Å²) >= 11 is 3.11. The molecule has 2 aromatic carbocycles. The Morgan fingerprint density at radius 2 is 2.00 bits per heavy atom. The molecule has 0 aromatic heterocycles. The zero-order chi connectivity index (χ0) is 15.6. The second kappa shape index (κ2) is 5.98. The number of aromatic hydroxyl groups is 1. The van der Waals surface area contributed by atoms with E-state index in [1.54, 1.807) is 12.3 Å². The smallest absolute Gasteiger partial charge is 0.255 e. The molecule has 2 aromatic rings. The molecule has 2 rings (SSSR count). The summed E-state index contributed by atoms with van der Waals surface area (Å²) in [6.45, 7) is 6.06. The number of phenolic OH excluding ortho intramolecular Hbond substituents is 1. The van der Waals surface area contributed by atoms with Crippen molar-refractivity contribution in [3.8, 4) is 5.75 Å². The Bertz CT molecular complexity index is 720. The van der Waals surface area contributed by atoms with Crippen molar-refractivity contribution in [1.29, 1.82) is 0 Å². The van der Waals surface area contributed by atoms with E-state index < -0.39 is 5.41 Å². The summed E-state index contributed by atoms with van der Waals surface area (Å²) in [5, 5.41) is 12.0. The van der Waals surface area contributed by atoms with Crippen LogP contribution in [0.3, 0.4) is 0 Å². The molecule has 0 aliphatic carbocycles. The second-order valence-corrected chi connectivity index (χ2v) is 6.20. The van der Waals surface area contributed by atoms with Crippen molar-refractivity contribution in [2.24, 2.45) is 4.99 Å². The number of hydrogen-bond donors (Lipinski definition) is 1. The molecule has 0 unspecified atom stereocenters. The van der Waals surface area contributed by atoms with Gasteiger partial charge in [0.25, 0.3) is 5.91 Å². The van der Waals surface area contributed by atoms with Gasteiger partial charge in [0.15, 0.2) is 0 Å². The SMILES string of the molecule is Cc1ccc2c(O)cccc2c1C(C)(C)C=NC(=O)CBr. The van der Waals surface area contributed by atoms with E-state index in [2.05, 4.69) is 20.9 Å². The van der Waals surface area contributed by atoms with Crippen molar-refractivity contribution in [3.63, 3.8) is 0 Å². The minimum absolute atomic E-state index is 0.205.